The van der Waals surface area contributed by atoms with Crippen LogP contribution >= 0.6 is 0 Å². The normalized spacial score (nSPS) is 16.9. The molecule has 0 radical (unpaired) electrons. The monoisotopic (exact) mass is 272 g/mol. The second-order valence-electron chi connectivity index (χ2n) is 6.96. The zero-order valence-corrected chi connectivity index (χ0v) is 14.0. The second kappa shape index (κ2) is 9.73. The molecule has 0 aliphatic heterocycles. The number of nitrogens with zero attached hydrogens (tertiary/aromatic N) is 1. The van der Waals surface area contributed by atoms with E-state index in [4.69, 9.17) is 0 Å². The van der Waals surface area contributed by atoms with Crippen molar-refractivity contribution in [1.29, 1.82) is 0 Å². The van der Waals surface area contributed by atoms with Gasteiger partial charge in [-0.25, -0.2) is 0 Å². The Morgan fingerprint density at radius 3 is 2.37 bits per heavy atom. The number of hydrogen-bond donors (Lipinski definition) is 2. The third kappa shape index (κ3) is 10.3. The molecule has 2 atom stereocenters. The van der Waals surface area contributed by atoms with Crippen molar-refractivity contribution in [2.24, 2.45) is 11.3 Å². The molecular weight excluding hydrogens is 236 g/mol. The highest BCUT2D eigenvalue weighted by atomic mass is 16.3. The van der Waals surface area contributed by atoms with Crippen LogP contribution in [0.1, 0.15) is 53.9 Å². The molecular formula is C16H36N2O. The molecule has 0 aromatic carbocycles. The van der Waals surface area contributed by atoms with Gasteiger partial charge in [0.25, 0.3) is 0 Å². The number of aliphatic hydroxyl groups is 1. The molecule has 0 saturated heterocycles. The molecule has 0 amide bonds. The molecule has 0 spiro atoms. The van der Waals surface area contributed by atoms with Crippen molar-refractivity contribution in [3.63, 3.8) is 0 Å². The van der Waals surface area contributed by atoms with E-state index in [1.54, 1.807) is 0 Å². The van der Waals surface area contributed by atoms with Gasteiger partial charge in [-0.15, -0.1) is 0 Å². The predicted molar refractivity (Wildman–Crippen MR) is 84.5 cm³/mol. The fourth-order valence-electron chi connectivity index (χ4n) is 2.63. The van der Waals surface area contributed by atoms with E-state index < -0.39 is 0 Å². The van der Waals surface area contributed by atoms with Crippen LogP contribution in [0.5, 0.6) is 0 Å². The Balaban J connectivity index is 4.19. The third-order valence-corrected chi connectivity index (χ3v) is 3.54. The quantitative estimate of drug-likeness (QED) is 0.607. The minimum absolute atomic E-state index is 0.195. The first kappa shape index (κ1) is 18.9. The topological polar surface area (TPSA) is 35.5 Å². The van der Waals surface area contributed by atoms with Crippen LogP contribution in [0.15, 0.2) is 0 Å². The van der Waals surface area contributed by atoms with Gasteiger partial charge in [0.15, 0.2) is 0 Å². The Kier molecular flexibility index (Phi) is 9.67. The van der Waals surface area contributed by atoms with Crippen LogP contribution in [-0.4, -0.2) is 49.3 Å². The summed E-state index contributed by atoms with van der Waals surface area (Å²) in [5.41, 5.74) is 0.330. The summed E-state index contributed by atoms with van der Waals surface area (Å²) in [5.74, 6) is 0.707. The molecule has 0 fully saturated rings. The summed E-state index contributed by atoms with van der Waals surface area (Å²) in [5, 5.41) is 13.0. The zero-order chi connectivity index (χ0) is 14.9. The molecule has 0 bridgehead atoms. The lowest BCUT2D eigenvalue weighted by Crippen LogP contribution is -2.42. The molecule has 19 heavy (non-hydrogen) atoms. The Hall–Kier alpha value is -0.120. The molecule has 0 aromatic heterocycles. The molecule has 0 saturated carbocycles. The largest absolute Gasteiger partial charge is 0.393 e. The molecule has 0 aromatic rings. The van der Waals surface area contributed by atoms with E-state index in [0.29, 0.717) is 11.3 Å². The highest BCUT2D eigenvalue weighted by Gasteiger charge is 2.24. The summed E-state index contributed by atoms with van der Waals surface area (Å²) in [7, 11) is 2.17. The Bertz CT molecular complexity index is 219. The van der Waals surface area contributed by atoms with E-state index in [-0.39, 0.29) is 6.10 Å². The summed E-state index contributed by atoms with van der Waals surface area (Å²) >= 11 is 0. The summed E-state index contributed by atoms with van der Waals surface area (Å²) in [6.07, 6.45) is 3.14. The summed E-state index contributed by atoms with van der Waals surface area (Å²) in [6.45, 7) is 15.2. The first-order valence-electron chi connectivity index (χ1n) is 7.86. The average molecular weight is 272 g/mol. The van der Waals surface area contributed by atoms with Gasteiger partial charge in [-0.05, 0) is 44.7 Å². The van der Waals surface area contributed by atoms with Gasteiger partial charge in [0.05, 0.1) is 6.10 Å². The Morgan fingerprint density at radius 1 is 1.26 bits per heavy atom. The lowest BCUT2D eigenvalue weighted by Gasteiger charge is -2.34. The Labute approximate surface area is 120 Å². The van der Waals surface area contributed by atoms with Crippen molar-refractivity contribution in [2.45, 2.75) is 60.0 Å². The van der Waals surface area contributed by atoms with E-state index in [1.165, 1.54) is 12.8 Å². The van der Waals surface area contributed by atoms with Gasteiger partial charge in [-0.2, -0.15) is 0 Å². The molecule has 2 N–H and O–H groups in total. The van der Waals surface area contributed by atoms with Crippen molar-refractivity contribution in [2.75, 3.05) is 33.2 Å². The molecule has 0 aliphatic carbocycles. The maximum Gasteiger partial charge on any atom is 0.0524 e. The minimum atomic E-state index is -0.195. The standard InChI is InChI=1S/C16H36N2O/c1-7-9-16(5,12-17-11-14(2)3)13-18(6)10-8-15(4)19/h14-15,17,19H,7-13H2,1-6H3. The van der Waals surface area contributed by atoms with Gasteiger partial charge in [-0.1, -0.05) is 34.1 Å². The highest BCUT2D eigenvalue weighted by Crippen LogP contribution is 2.23. The predicted octanol–water partition coefficient (Wildman–Crippen LogP) is 2.74. The first-order valence-corrected chi connectivity index (χ1v) is 7.86. The lowest BCUT2D eigenvalue weighted by molar-refractivity contribution is 0.134. The average Bonchev–Trinajstić information content (AvgIpc) is 2.25. The van der Waals surface area contributed by atoms with Gasteiger partial charge in [-0.3, -0.25) is 0 Å². The molecule has 0 aliphatic rings. The van der Waals surface area contributed by atoms with Crippen LogP contribution < -0.4 is 5.32 Å². The van der Waals surface area contributed by atoms with E-state index >= 15 is 0 Å². The van der Waals surface area contributed by atoms with Crippen LogP contribution in [0.2, 0.25) is 0 Å². The van der Waals surface area contributed by atoms with E-state index in [9.17, 15) is 5.11 Å². The Morgan fingerprint density at radius 2 is 1.89 bits per heavy atom. The maximum atomic E-state index is 9.37. The van der Waals surface area contributed by atoms with Crippen LogP contribution in [0.4, 0.5) is 0 Å². The highest BCUT2D eigenvalue weighted by molar-refractivity contribution is 4.80. The summed E-state index contributed by atoms with van der Waals surface area (Å²) in [4.78, 5) is 2.36. The third-order valence-electron chi connectivity index (χ3n) is 3.54. The molecule has 3 nitrogen and oxygen atoms in total. The fraction of sp³-hybridized carbons (Fsp3) is 1.00. The number of aliphatic hydroxyl groups excluding tert-OH is 1. The zero-order valence-electron chi connectivity index (χ0n) is 14.0. The van der Waals surface area contributed by atoms with Crippen molar-refractivity contribution in [3.8, 4) is 0 Å². The molecule has 116 valence electrons. The molecule has 0 rings (SSSR count). The van der Waals surface area contributed by atoms with Crippen molar-refractivity contribution < 1.29 is 5.11 Å². The van der Waals surface area contributed by atoms with Gasteiger partial charge in [0, 0.05) is 19.6 Å². The number of nitrogens with one attached hydrogen (secondary N) is 1. The number of rotatable bonds is 11. The SMILES string of the molecule is CCCC(C)(CNCC(C)C)CN(C)CCC(C)O. The van der Waals surface area contributed by atoms with Crippen molar-refractivity contribution in [1.82, 2.24) is 10.2 Å². The second-order valence-corrected chi connectivity index (χ2v) is 6.96. The van der Waals surface area contributed by atoms with Crippen molar-refractivity contribution >= 4 is 0 Å². The fourth-order valence-corrected chi connectivity index (χ4v) is 2.63. The van der Waals surface area contributed by atoms with E-state index in [1.807, 2.05) is 6.92 Å². The van der Waals surface area contributed by atoms with Gasteiger partial charge >= 0.3 is 0 Å². The van der Waals surface area contributed by atoms with Crippen LogP contribution in [0, 0.1) is 11.3 Å². The van der Waals surface area contributed by atoms with Crippen LogP contribution in [0.3, 0.4) is 0 Å². The van der Waals surface area contributed by atoms with Gasteiger partial charge in [0.1, 0.15) is 0 Å². The van der Waals surface area contributed by atoms with Crippen molar-refractivity contribution in [3.05, 3.63) is 0 Å². The van der Waals surface area contributed by atoms with Crippen LogP contribution in [-0.2, 0) is 0 Å². The number of hydrogen-bond acceptors (Lipinski definition) is 3. The molecule has 3 heteroatoms. The smallest absolute Gasteiger partial charge is 0.0524 e. The molecule has 0 heterocycles. The maximum absolute atomic E-state index is 9.37. The summed E-state index contributed by atoms with van der Waals surface area (Å²) in [6, 6.07) is 0. The molecule has 2 unspecified atom stereocenters. The van der Waals surface area contributed by atoms with Gasteiger partial charge in [0.2, 0.25) is 0 Å². The van der Waals surface area contributed by atoms with Crippen LogP contribution in [0.25, 0.3) is 0 Å². The van der Waals surface area contributed by atoms with E-state index in [0.717, 1.165) is 32.6 Å². The first-order chi connectivity index (χ1) is 8.79. The van der Waals surface area contributed by atoms with Gasteiger partial charge < -0.3 is 15.3 Å². The van der Waals surface area contributed by atoms with E-state index in [2.05, 4.69) is 45.0 Å². The summed E-state index contributed by atoms with van der Waals surface area (Å²) < 4.78 is 0. The lowest BCUT2D eigenvalue weighted by atomic mass is 9.84. The minimum Gasteiger partial charge on any atom is -0.393 e.